The first-order valence-electron chi connectivity index (χ1n) is 24.3. The number of aliphatic hydroxyl groups excluding tert-OH is 1. The molecule has 4 heterocycles. The molecule has 0 radical (unpaired) electrons. The Morgan fingerprint density at radius 3 is 1.76 bits per heavy atom. The zero-order valence-electron chi connectivity index (χ0n) is 41.7. The Hall–Kier alpha value is -7.69. The van der Waals surface area contributed by atoms with Crippen LogP contribution >= 0.6 is 0 Å². The van der Waals surface area contributed by atoms with Crippen molar-refractivity contribution in [2.45, 2.75) is 152 Å². The number of aliphatic carboxylic acids is 2. The second-order valence-corrected chi connectivity index (χ2v) is 18.8. The van der Waals surface area contributed by atoms with Crippen molar-refractivity contribution in [1.82, 2.24) is 61.6 Å². The number of carboxylic acids is 2. The molecule has 10 atom stereocenters. The predicted octanol–water partition coefficient (Wildman–Crippen LogP) is -4.80. The van der Waals surface area contributed by atoms with Gasteiger partial charge in [-0.3, -0.25) is 48.1 Å². The van der Waals surface area contributed by atoms with Gasteiger partial charge in [0.2, 0.25) is 47.3 Å². The van der Waals surface area contributed by atoms with E-state index < -0.39 is 126 Å². The summed E-state index contributed by atoms with van der Waals surface area (Å²) in [5, 5.41) is 44.8. The van der Waals surface area contributed by atoms with Crippen molar-refractivity contribution < 1.29 is 63.3 Å². The van der Waals surface area contributed by atoms with E-state index >= 15 is 0 Å². The number of H-pyrrole nitrogens is 2. The second-order valence-electron chi connectivity index (χ2n) is 18.8. The average Bonchev–Trinajstić information content (AvgIpc) is 4.19. The third-order valence-corrected chi connectivity index (χ3v) is 12.3. The third-order valence-electron chi connectivity index (χ3n) is 12.3. The Labute approximate surface area is 425 Å². The van der Waals surface area contributed by atoms with Gasteiger partial charge in [-0.1, -0.05) is 13.8 Å². The zero-order valence-corrected chi connectivity index (χ0v) is 41.7. The summed E-state index contributed by atoms with van der Waals surface area (Å²) in [7, 11) is 0. The number of nitrogens with one attached hydrogen (secondary N) is 8. The highest BCUT2D eigenvalue weighted by molar-refractivity contribution is 5.99. The van der Waals surface area contributed by atoms with Gasteiger partial charge in [0.15, 0.2) is 5.96 Å². The number of nitrogens with zero attached hydrogens (tertiary/aromatic N) is 5. The number of carbonyl (C=O) groups is 10. The lowest BCUT2D eigenvalue weighted by Gasteiger charge is -2.31. The fourth-order valence-corrected chi connectivity index (χ4v) is 8.53. The fraction of sp³-hybridized carbons (Fsp3) is 0.622. The minimum Gasteiger partial charge on any atom is -0.481 e. The predicted molar refractivity (Wildman–Crippen MR) is 260 cm³/mol. The van der Waals surface area contributed by atoms with Gasteiger partial charge in [0.25, 0.3) is 0 Å². The van der Waals surface area contributed by atoms with Crippen molar-refractivity contribution in [1.29, 1.82) is 0 Å². The number of carboxylic acid groups (broad SMARTS) is 2. The molecule has 0 spiro atoms. The Morgan fingerprint density at radius 2 is 1.24 bits per heavy atom. The highest BCUT2D eigenvalue weighted by atomic mass is 16.4. The largest absolute Gasteiger partial charge is 0.481 e. The van der Waals surface area contributed by atoms with E-state index in [9.17, 15) is 63.3 Å². The number of aromatic nitrogens is 4. The average molecular weight is 1040 g/mol. The highest BCUT2D eigenvalue weighted by Gasteiger charge is 2.42. The van der Waals surface area contributed by atoms with Crippen molar-refractivity contribution in [3.8, 4) is 0 Å². The molecule has 2 aromatic heterocycles. The van der Waals surface area contributed by atoms with Crippen LogP contribution in [0, 0.1) is 5.92 Å². The van der Waals surface area contributed by atoms with Gasteiger partial charge in [-0.2, -0.15) is 0 Å². The molecule has 74 heavy (non-hydrogen) atoms. The van der Waals surface area contributed by atoms with Crippen LogP contribution in [0.25, 0.3) is 0 Å². The third kappa shape index (κ3) is 17.5. The Kier molecular flexibility index (Phi) is 22.2. The summed E-state index contributed by atoms with van der Waals surface area (Å²) in [4.78, 5) is 154. The number of guanidine groups is 1. The van der Waals surface area contributed by atoms with E-state index in [1.54, 1.807) is 13.8 Å². The molecule has 2 saturated heterocycles. The topological polar surface area (TPSA) is 458 Å². The normalized spacial score (nSPS) is 18.6. The second kappa shape index (κ2) is 27.9. The number of rotatable bonds is 28. The molecule has 0 aliphatic carbocycles. The molecule has 0 saturated carbocycles. The van der Waals surface area contributed by atoms with Crippen LogP contribution in [0.3, 0.4) is 0 Å². The Balaban J connectivity index is 1.47. The van der Waals surface area contributed by atoms with Gasteiger partial charge < -0.3 is 84.2 Å². The van der Waals surface area contributed by atoms with Crippen LogP contribution in [0.2, 0.25) is 0 Å². The molecule has 2 aromatic rings. The van der Waals surface area contributed by atoms with E-state index in [0.717, 1.165) is 4.90 Å². The minimum absolute atomic E-state index is 0.0108. The van der Waals surface area contributed by atoms with Gasteiger partial charge in [0.05, 0.1) is 31.2 Å². The molecular formula is C45H70N16O13. The smallest absolute Gasteiger partial charge is 0.326 e. The summed E-state index contributed by atoms with van der Waals surface area (Å²) < 4.78 is 0. The molecule has 0 unspecified atom stereocenters. The van der Waals surface area contributed by atoms with Gasteiger partial charge in [0, 0.05) is 56.3 Å². The van der Waals surface area contributed by atoms with Crippen molar-refractivity contribution in [3.63, 3.8) is 0 Å². The monoisotopic (exact) mass is 1040 g/mol. The first kappa shape index (κ1) is 58.9. The number of aliphatic hydroxyl groups is 1. The van der Waals surface area contributed by atoms with Crippen molar-refractivity contribution >= 4 is 65.2 Å². The number of amides is 8. The van der Waals surface area contributed by atoms with Gasteiger partial charge in [-0.25, -0.2) is 14.8 Å². The minimum atomic E-state index is -1.64. The van der Waals surface area contributed by atoms with Gasteiger partial charge in [-0.05, 0) is 64.7 Å². The SMILES string of the molecule is CC(C)C[C@H](NC(=O)[C@@H](NC(=O)[C@H](CCCN=C(N)N)NC(=O)[C@@H]1CCCN1C(=O)[C@H](Cc1cnc[nH]1)NC(=O)[C@H](C)NC(=O)[C@@H]1CCCN1C(=O)[C@H](CC(=O)O)NC(=O)[C@@H](N)Cc1cnc[nH]1)[C@@H](C)O)C(=O)O. The van der Waals surface area contributed by atoms with Crippen LogP contribution in [0.1, 0.15) is 90.4 Å². The molecule has 4 rings (SSSR count). The number of aliphatic imine (C=N–C) groups is 1. The van der Waals surface area contributed by atoms with Crippen LogP contribution in [-0.4, -0.2) is 190 Å². The lowest BCUT2D eigenvalue weighted by Crippen LogP contribution is -2.61. The molecule has 0 aromatic carbocycles. The molecule has 408 valence electrons. The van der Waals surface area contributed by atoms with Crippen LogP contribution in [0.5, 0.6) is 0 Å². The number of hydrogen-bond acceptors (Lipinski definition) is 15. The molecule has 17 N–H and O–H groups in total. The van der Waals surface area contributed by atoms with Crippen molar-refractivity contribution in [2.24, 2.45) is 28.1 Å². The molecule has 2 aliphatic rings. The summed E-state index contributed by atoms with van der Waals surface area (Å²) in [5.41, 5.74) is 17.9. The number of nitrogens with two attached hydrogens (primary N) is 3. The van der Waals surface area contributed by atoms with Crippen LogP contribution < -0.4 is 49.1 Å². The van der Waals surface area contributed by atoms with E-state index in [4.69, 9.17) is 17.2 Å². The molecule has 29 heteroatoms. The Morgan fingerprint density at radius 1 is 0.703 bits per heavy atom. The maximum Gasteiger partial charge on any atom is 0.326 e. The van der Waals surface area contributed by atoms with Crippen LogP contribution in [-0.2, 0) is 60.8 Å². The summed E-state index contributed by atoms with van der Waals surface area (Å²) in [6.07, 6.45) is 4.19. The van der Waals surface area contributed by atoms with Crippen LogP contribution in [0.15, 0.2) is 30.0 Å². The zero-order chi connectivity index (χ0) is 54.8. The van der Waals surface area contributed by atoms with Crippen molar-refractivity contribution in [3.05, 3.63) is 36.4 Å². The number of aromatic amines is 2. The van der Waals surface area contributed by atoms with Crippen molar-refractivity contribution in [2.75, 3.05) is 19.6 Å². The quantitative estimate of drug-likeness (QED) is 0.0216. The summed E-state index contributed by atoms with van der Waals surface area (Å²) in [5.74, 6) is -9.73. The van der Waals surface area contributed by atoms with E-state index in [-0.39, 0.29) is 76.5 Å². The lowest BCUT2D eigenvalue weighted by atomic mass is 10.0. The van der Waals surface area contributed by atoms with Crippen LogP contribution in [0.4, 0.5) is 0 Å². The van der Waals surface area contributed by atoms with E-state index in [0.29, 0.717) is 24.2 Å². The fourth-order valence-electron chi connectivity index (χ4n) is 8.53. The number of likely N-dealkylation sites (tertiary alicyclic amines) is 2. The maximum atomic E-state index is 14.5. The van der Waals surface area contributed by atoms with E-state index in [2.05, 4.69) is 56.8 Å². The van der Waals surface area contributed by atoms with Gasteiger partial charge in [-0.15, -0.1) is 0 Å². The molecular weight excluding hydrogens is 973 g/mol. The van der Waals surface area contributed by atoms with Gasteiger partial charge in [0.1, 0.15) is 48.3 Å². The standard InChI is InChI=1S/C45H70N16O13/c1-22(2)14-31(44(73)74)58-41(70)35(24(4)62)59-38(67)28(8-5-11-51-45(47)48)55-40(69)33-10-7-13-61(33)42(71)29(16-26-19-50-21-53-26)56-36(65)23(3)54-39(68)32-9-6-12-60(32)43(72)30(17-34(63)64)57-37(66)27(46)15-25-18-49-20-52-25/h18-24,27-33,35,62H,5-17,46H2,1-4H3,(H,49,52)(H,50,53)(H,54,68)(H,55,69)(H,56,65)(H,57,66)(H,58,70)(H,59,67)(H,63,64)(H,73,74)(H4,47,48,51)/t23-,24+,27-,28-,29-,30-,31-,32-,33-,35-/m0/s1. The molecule has 0 bridgehead atoms. The number of hydrogen-bond donors (Lipinski definition) is 14. The summed E-state index contributed by atoms with van der Waals surface area (Å²) in [6, 6.07) is -12.1. The van der Waals surface area contributed by atoms with E-state index in [1.165, 1.54) is 43.8 Å². The van der Waals surface area contributed by atoms with Gasteiger partial charge >= 0.3 is 11.9 Å². The summed E-state index contributed by atoms with van der Waals surface area (Å²) >= 11 is 0. The first-order valence-corrected chi connectivity index (χ1v) is 24.3. The lowest BCUT2D eigenvalue weighted by molar-refractivity contribution is -0.146. The molecule has 8 amide bonds. The molecule has 2 fully saturated rings. The number of carbonyl (C=O) groups excluding carboxylic acids is 8. The maximum absolute atomic E-state index is 14.5. The first-order chi connectivity index (χ1) is 35.0. The molecule has 29 nitrogen and oxygen atoms in total. The molecule has 2 aliphatic heterocycles. The Bertz CT molecular complexity index is 2310. The summed E-state index contributed by atoms with van der Waals surface area (Å²) in [6.45, 7) is 6.18. The highest BCUT2D eigenvalue weighted by Crippen LogP contribution is 2.22. The van der Waals surface area contributed by atoms with E-state index in [1.807, 2.05) is 0 Å². The number of imidazole rings is 2.